The van der Waals surface area contributed by atoms with Crippen molar-refractivity contribution < 1.29 is 13.9 Å². The zero-order valence-electron chi connectivity index (χ0n) is 13.1. The molecule has 1 fully saturated rings. The topological polar surface area (TPSA) is 47.4 Å². The van der Waals surface area contributed by atoms with Crippen molar-refractivity contribution in [2.24, 2.45) is 13.0 Å². The van der Waals surface area contributed by atoms with E-state index >= 15 is 0 Å². The highest BCUT2D eigenvalue weighted by Gasteiger charge is 2.24. The summed E-state index contributed by atoms with van der Waals surface area (Å²) in [7, 11) is 1.78. The molecule has 1 aromatic carbocycles. The van der Waals surface area contributed by atoms with Gasteiger partial charge in [-0.1, -0.05) is 18.2 Å². The van der Waals surface area contributed by atoms with Crippen molar-refractivity contribution in [2.75, 3.05) is 26.3 Å². The Kier molecular flexibility index (Phi) is 4.71. The zero-order valence-corrected chi connectivity index (χ0v) is 13.1. The first-order chi connectivity index (χ1) is 11.1. The number of ether oxygens (including phenoxy) is 1. The van der Waals surface area contributed by atoms with Crippen molar-refractivity contribution in [1.82, 2.24) is 14.7 Å². The Hall–Kier alpha value is -2.21. The molecule has 122 valence electrons. The van der Waals surface area contributed by atoms with Crippen LogP contribution in [0.4, 0.5) is 4.39 Å². The van der Waals surface area contributed by atoms with E-state index in [4.69, 9.17) is 4.74 Å². The van der Waals surface area contributed by atoms with Crippen molar-refractivity contribution in [2.45, 2.75) is 6.42 Å². The molecule has 0 saturated carbocycles. The lowest BCUT2D eigenvalue weighted by molar-refractivity contribution is 0.0737. The van der Waals surface area contributed by atoms with Gasteiger partial charge >= 0.3 is 0 Å². The minimum atomic E-state index is -0.207. The molecular weight excluding hydrogens is 297 g/mol. The van der Waals surface area contributed by atoms with Gasteiger partial charge in [-0.05, 0) is 18.1 Å². The highest BCUT2D eigenvalue weighted by Crippen LogP contribution is 2.17. The van der Waals surface area contributed by atoms with E-state index in [1.165, 1.54) is 6.07 Å². The first-order valence-electron chi connectivity index (χ1n) is 7.72. The van der Waals surface area contributed by atoms with Gasteiger partial charge in [0, 0.05) is 32.3 Å². The van der Waals surface area contributed by atoms with Gasteiger partial charge in [0.05, 0.1) is 25.0 Å². The van der Waals surface area contributed by atoms with E-state index in [0.29, 0.717) is 43.9 Å². The molecule has 1 amide bonds. The van der Waals surface area contributed by atoms with E-state index in [-0.39, 0.29) is 17.6 Å². The van der Waals surface area contributed by atoms with Crippen LogP contribution in [0.1, 0.15) is 15.9 Å². The number of rotatable bonds is 3. The monoisotopic (exact) mass is 317 g/mol. The lowest BCUT2D eigenvalue weighted by Gasteiger charge is -2.23. The van der Waals surface area contributed by atoms with E-state index in [1.807, 2.05) is 6.07 Å². The molecule has 0 N–H and O–H groups in total. The largest absolute Gasteiger partial charge is 0.379 e. The molecule has 1 aliphatic rings. The second-order valence-electron chi connectivity index (χ2n) is 5.89. The van der Waals surface area contributed by atoms with Crippen LogP contribution in [0, 0.1) is 11.7 Å². The molecule has 1 aliphatic heterocycles. The van der Waals surface area contributed by atoms with Crippen LogP contribution in [0.25, 0.3) is 0 Å². The number of amides is 1. The quantitative estimate of drug-likeness (QED) is 0.868. The summed E-state index contributed by atoms with van der Waals surface area (Å²) >= 11 is 0. The summed E-state index contributed by atoms with van der Waals surface area (Å²) in [5.74, 6) is -0.181. The summed E-state index contributed by atoms with van der Waals surface area (Å²) in [4.78, 5) is 14.3. The smallest absolute Gasteiger partial charge is 0.257 e. The van der Waals surface area contributed by atoms with Crippen molar-refractivity contribution in [3.63, 3.8) is 0 Å². The SMILES string of the molecule is Cn1cc(C(=O)N2CCOC[C@H](Cc3ccccc3F)C2)cn1. The van der Waals surface area contributed by atoms with Crippen molar-refractivity contribution in [3.05, 3.63) is 53.6 Å². The van der Waals surface area contributed by atoms with E-state index in [1.54, 1.807) is 41.2 Å². The number of aromatic nitrogens is 2. The predicted octanol–water partition coefficient (Wildman–Crippen LogP) is 1.89. The average molecular weight is 317 g/mol. The molecule has 0 unspecified atom stereocenters. The molecule has 3 rings (SSSR count). The van der Waals surface area contributed by atoms with Gasteiger partial charge in [-0.3, -0.25) is 9.48 Å². The molecule has 2 heterocycles. The van der Waals surface area contributed by atoms with Crippen molar-refractivity contribution in [1.29, 1.82) is 0 Å². The van der Waals surface area contributed by atoms with Gasteiger partial charge < -0.3 is 9.64 Å². The molecule has 1 atom stereocenters. The Morgan fingerprint density at radius 2 is 2.26 bits per heavy atom. The molecule has 6 heteroatoms. The molecule has 0 spiro atoms. The molecule has 1 aromatic heterocycles. The second kappa shape index (κ2) is 6.91. The highest BCUT2D eigenvalue weighted by molar-refractivity contribution is 5.93. The molecule has 5 nitrogen and oxygen atoms in total. The normalized spacial score (nSPS) is 18.7. The van der Waals surface area contributed by atoms with E-state index in [9.17, 15) is 9.18 Å². The molecule has 1 saturated heterocycles. The standard InChI is InChI=1S/C17H20FN3O2/c1-20-11-15(9-19-20)17(22)21-6-7-23-12-13(10-21)8-14-4-2-3-5-16(14)18/h2-5,9,11,13H,6-8,10,12H2,1H3/t13-/m1/s1. The van der Waals surface area contributed by atoms with Crippen LogP contribution in [0.3, 0.4) is 0 Å². The third-order valence-corrected chi connectivity index (χ3v) is 4.04. The predicted molar refractivity (Wildman–Crippen MR) is 83.5 cm³/mol. The Bertz CT molecular complexity index is 686. The van der Waals surface area contributed by atoms with Crippen LogP contribution < -0.4 is 0 Å². The highest BCUT2D eigenvalue weighted by atomic mass is 19.1. The first kappa shape index (κ1) is 15.7. The lowest BCUT2D eigenvalue weighted by atomic mass is 9.99. The summed E-state index contributed by atoms with van der Waals surface area (Å²) in [6, 6.07) is 6.76. The Balaban J connectivity index is 1.71. The van der Waals surface area contributed by atoms with Gasteiger partial charge in [0.2, 0.25) is 0 Å². The summed E-state index contributed by atoms with van der Waals surface area (Å²) in [5, 5.41) is 4.04. The van der Waals surface area contributed by atoms with Gasteiger partial charge in [-0.25, -0.2) is 4.39 Å². The number of carbonyl (C=O) groups excluding carboxylic acids is 1. The molecule has 0 bridgehead atoms. The first-order valence-corrected chi connectivity index (χ1v) is 7.72. The van der Waals surface area contributed by atoms with Gasteiger partial charge in [0.1, 0.15) is 5.82 Å². The third-order valence-electron chi connectivity index (χ3n) is 4.04. The Morgan fingerprint density at radius 1 is 1.43 bits per heavy atom. The number of hydrogen-bond acceptors (Lipinski definition) is 3. The number of halogens is 1. The average Bonchev–Trinajstić information content (AvgIpc) is 2.84. The van der Waals surface area contributed by atoms with E-state index in [2.05, 4.69) is 5.10 Å². The number of benzene rings is 1. The van der Waals surface area contributed by atoms with Crippen LogP contribution in [-0.4, -0.2) is 46.9 Å². The maximum absolute atomic E-state index is 13.8. The Morgan fingerprint density at radius 3 is 3.00 bits per heavy atom. The van der Waals surface area contributed by atoms with Crippen LogP contribution >= 0.6 is 0 Å². The second-order valence-corrected chi connectivity index (χ2v) is 5.89. The molecule has 2 aromatic rings. The Labute approximate surface area is 134 Å². The van der Waals surface area contributed by atoms with Crippen LogP contribution in [-0.2, 0) is 18.2 Å². The fourth-order valence-electron chi connectivity index (χ4n) is 2.88. The zero-order chi connectivity index (χ0) is 16.2. The van der Waals surface area contributed by atoms with Gasteiger partial charge in [-0.15, -0.1) is 0 Å². The van der Waals surface area contributed by atoms with Gasteiger partial charge in [-0.2, -0.15) is 5.10 Å². The van der Waals surface area contributed by atoms with Crippen molar-refractivity contribution >= 4 is 5.91 Å². The summed E-state index contributed by atoms with van der Waals surface area (Å²) in [6.07, 6.45) is 3.84. The van der Waals surface area contributed by atoms with Crippen LogP contribution in [0.15, 0.2) is 36.7 Å². The van der Waals surface area contributed by atoms with E-state index in [0.717, 1.165) is 0 Å². The minimum Gasteiger partial charge on any atom is -0.379 e. The molecule has 23 heavy (non-hydrogen) atoms. The maximum atomic E-state index is 13.8. The number of nitrogens with zero attached hydrogens (tertiary/aromatic N) is 3. The van der Waals surface area contributed by atoms with Gasteiger partial charge in [0.15, 0.2) is 0 Å². The van der Waals surface area contributed by atoms with Crippen molar-refractivity contribution in [3.8, 4) is 0 Å². The number of aryl methyl sites for hydroxylation is 1. The number of hydrogen-bond donors (Lipinski definition) is 0. The van der Waals surface area contributed by atoms with Crippen LogP contribution in [0.2, 0.25) is 0 Å². The minimum absolute atomic E-state index is 0.0536. The van der Waals surface area contributed by atoms with E-state index < -0.39 is 0 Å². The summed E-state index contributed by atoms with van der Waals surface area (Å²) < 4.78 is 21.1. The summed E-state index contributed by atoms with van der Waals surface area (Å²) in [6.45, 7) is 2.13. The fraction of sp³-hybridized carbons (Fsp3) is 0.412. The lowest BCUT2D eigenvalue weighted by Crippen LogP contribution is -2.36. The fourth-order valence-corrected chi connectivity index (χ4v) is 2.88. The van der Waals surface area contributed by atoms with Crippen LogP contribution in [0.5, 0.6) is 0 Å². The maximum Gasteiger partial charge on any atom is 0.257 e. The molecular formula is C17H20FN3O2. The van der Waals surface area contributed by atoms with Gasteiger partial charge in [0.25, 0.3) is 5.91 Å². The number of carbonyl (C=O) groups is 1. The molecule has 0 aliphatic carbocycles. The summed E-state index contributed by atoms with van der Waals surface area (Å²) in [5.41, 5.74) is 1.23. The molecule has 0 radical (unpaired) electrons. The third kappa shape index (κ3) is 3.76.